The van der Waals surface area contributed by atoms with E-state index in [1.807, 2.05) is 0 Å². The van der Waals surface area contributed by atoms with E-state index in [-0.39, 0.29) is 41.1 Å². The van der Waals surface area contributed by atoms with Gasteiger partial charge in [0.1, 0.15) is 34.8 Å². The van der Waals surface area contributed by atoms with E-state index in [9.17, 15) is 30.0 Å². The van der Waals surface area contributed by atoms with Crippen molar-refractivity contribution in [2.75, 3.05) is 6.61 Å². The highest BCUT2D eigenvalue weighted by atomic mass is 16.5. The second-order valence-electron chi connectivity index (χ2n) is 8.12. The zero-order valence-corrected chi connectivity index (χ0v) is 18.5. The normalized spacial score (nSPS) is 14.6. The Morgan fingerprint density at radius 1 is 0.972 bits per heavy atom. The van der Waals surface area contributed by atoms with E-state index in [2.05, 4.69) is 5.92 Å². The number of hydrogen-bond donors (Lipinski definition) is 4. The predicted molar refractivity (Wildman–Crippen MR) is 127 cm³/mol. The minimum absolute atomic E-state index is 0.00208. The molecule has 3 aromatic carbocycles. The molecular weight excluding hydrogens is 468 g/mol. The van der Waals surface area contributed by atoms with Crippen LogP contribution in [0.4, 0.5) is 0 Å². The van der Waals surface area contributed by atoms with Crippen LogP contribution in [0.25, 0.3) is 22.3 Å². The smallest absolute Gasteiger partial charge is 0.312 e. The van der Waals surface area contributed by atoms with E-state index in [1.165, 1.54) is 12.1 Å². The van der Waals surface area contributed by atoms with Gasteiger partial charge in [0, 0.05) is 23.1 Å². The van der Waals surface area contributed by atoms with Crippen molar-refractivity contribution in [1.82, 2.24) is 0 Å². The second kappa shape index (κ2) is 8.60. The van der Waals surface area contributed by atoms with Crippen LogP contribution in [0.1, 0.15) is 23.5 Å². The summed E-state index contributed by atoms with van der Waals surface area (Å²) >= 11 is 0. The lowest BCUT2D eigenvalue weighted by atomic mass is 9.85. The van der Waals surface area contributed by atoms with Gasteiger partial charge in [-0.2, -0.15) is 0 Å². The van der Waals surface area contributed by atoms with E-state index < -0.39 is 40.3 Å². The van der Waals surface area contributed by atoms with Crippen molar-refractivity contribution in [3.8, 4) is 58.2 Å². The first kappa shape index (κ1) is 22.7. The molecule has 0 saturated carbocycles. The quantitative estimate of drug-likeness (QED) is 0.147. The van der Waals surface area contributed by atoms with Crippen LogP contribution in [0, 0.1) is 12.3 Å². The molecule has 1 atom stereocenters. The molecule has 0 radical (unpaired) electrons. The monoisotopic (exact) mass is 486 g/mol. The number of carbonyl (C=O) groups excluding carboxylic acids is 1. The molecule has 180 valence electrons. The molecule has 5 rings (SSSR count). The Labute approximate surface area is 203 Å². The molecule has 9 nitrogen and oxygen atoms in total. The molecule has 0 spiro atoms. The van der Waals surface area contributed by atoms with Crippen LogP contribution < -0.4 is 14.9 Å². The topological polar surface area (TPSA) is 147 Å². The third kappa shape index (κ3) is 3.71. The molecule has 0 saturated heterocycles. The molecule has 1 unspecified atom stereocenters. The van der Waals surface area contributed by atoms with Crippen molar-refractivity contribution in [2.45, 2.75) is 12.3 Å². The summed E-state index contributed by atoms with van der Waals surface area (Å²) in [5, 5.41) is 40.4. The van der Waals surface area contributed by atoms with E-state index in [4.69, 9.17) is 20.3 Å². The predicted octanol–water partition coefficient (Wildman–Crippen LogP) is 3.74. The van der Waals surface area contributed by atoms with Crippen molar-refractivity contribution in [2.24, 2.45) is 0 Å². The summed E-state index contributed by atoms with van der Waals surface area (Å²) in [5.74, 6) is -0.822. The van der Waals surface area contributed by atoms with E-state index in [0.717, 1.165) is 12.1 Å². The Bertz CT molecular complexity index is 1630. The largest absolute Gasteiger partial charge is 0.507 e. The van der Waals surface area contributed by atoms with Gasteiger partial charge in [0.2, 0.25) is 11.2 Å². The van der Waals surface area contributed by atoms with Crippen LogP contribution in [-0.4, -0.2) is 33.0 Å². The van der Waals surface area contributed by atoms with Gasteiger partial charge in [0.25, 0.3) is 0 Å². The number of benzene rings is 3. The maximum Gasteiger partial charge on any atom is 0.312 e. The number of ether oxygens (including phenoxy) is 2. The number of aromatic hydroxyl groups is 4. The fourth-order valence-corrected chi connectivity index (χ4v) is 4.25. The molecule has 1 aliphatic heterocycles. The molecule has 1 aromatic heterocycles. The first-order chi connectivity index (χ1) is 17.3. The lowest BCUT2D eigenvalue weighted by Gasteiger charge is -2.26. The van der Waals surface area contributed by atoms with Crippen LogP contribution in [0.5, 0.6) is 34.5 Å². The van der Waals surface area contributed by atoms with Crippen LogP contribution in [-0.2, 0) is 4.79 Å². The number of terminal acetylenes is 1. The molecule has 36 heavy (non-hydrogen) atoms. The fraction of sp³-hybridized carbons (Fsp3) is 0.111. The summed E-state index contributed by atoms with van der Waals surface area (Å²) in [4.78, 5) is 25.5. The minimum Gasteiger partial charge on any atom is -0.507 e. The molecule has 0 bridgehead atoms. The lowest BCUT2D eigenvalue weighted by molar-refractivity contribution is -0.135. The first-order valence-electron chi connectivity index (χ1n) is 10.7. The van der Waals surface area contributed by atoms with Gasteiger partial charge in [0.05, 0.1) is 6.42 Å². The van der Waals surface area contributed by atoms with Gasteiger partial charge < -0.3 is 34.3 Å². The lowest BCUT2D eigenvalue weighted by Crippen LogP contribution is -2.22. The van der Waals surface area contributed by atoms with Crippen molar-refractivity contribution < 1.29 is 39.1 Å². The molecule has 0 fully saturated rings. The van der Waals surface area contributed by atoms with E-state index in [0.29, 0.717) is 16.9 Å². The summed E-state index contributed by atoms with van der Waals surface area (Å²) in [7, 11) is 0. The molecule has 4 N–H and O–H groups in total. The number of phenols is 3. The Morgan fingerprint density at radius 3 is 2.42 bits per heavy atom. The van der Waals surface area contributed by atoms with Crippen molar-refractivity contribution in [1.29, 1.82) is 0 Å². The average molecular weight is 486 g/mol. The van der Waals surface area contributed by atoms with Crippen LogP contribution in [0.3, 0.4) is 0 Å². The average Bonchev–Trinajstić information content (AvgIpc) is 2.86. The van der Waals surface area contributed by atoms with Gasteiger partial charge in [-0.25, -0.2) is 0 Å². The molecule has 0 amide bonds. The Hall–Kier alpha value is -5.10. The molecule has 9 heteroatoms. The molecule has 4 aromatic rings. The maximum atomic E-state index is 13.1. The summed E-state index contributed by atoms with van der Waals surface area (Å²) < 4.78 is 16.7. The molecule has 0 aliphatic carbocycles. The number of hydrogen-bond acceptors (Lipinski definition) is 9. The first-order valence-corrected chi connectivity index (χ1v) is 10.7. The standard InChI is InChI=1S/C27H18O9/c1-2-9-34-15-6-3-13(4-7-15)16-11-21(31)35-20-12-19(30)23-24(32)25(33)26(36-27(23)22(16)20)14-5-8-17(28)18(29)10-14/h1,3-8,10,12,16,28-30,33H,9,11H2. The summed E-state index contributed by atoms with van der Waals surface area (Å²) in [6, 6.07) is 11.6. The van der Waals surface area contributed by atoms with Gasteiger partial charge in [-0.15, -0.1) is 6.42 Å². The second-order valence-corrected chi connectivity index (χ2v) is 8.12. The molecular formula is C27H18O9. The highest BCUT2D eigenvalue weighted by Gasteiger charge is 2.34. The fourth-order valence-electron chi connectivity index (χ4n) is 4.25. The van der Waals surface area contributed by atoms with Gasteiger partial charge in [-0.3, -0.25) is 9.59 Å². The number of rotatable bonds is 4. The molecule has 1 aliphatic rings. The highest BCUT2D eigenvalue weighted by molar-refractivity contribution is 5.94. The summed E-state index contributed by atoms with van der Waals surface area (Å²) in [6.07, 6.45) is 5.14. The van der Waals surface area contributed by atoms with Gasteiger partial charge >= 0.3 is 5.97 Å². The number of phenolic OH excluding ortho intramolecular Hbond substituents is 3. The van der Waals surface area contributed by atoms with E-state index >= 15 is 0 Å². The van der Waals surface area contributed by atoms with Gasteiger partial charge in [-0.05, 0) is 35.9 Å². The van der Waals surface area contributed by atoms with Crippen LogP contribution in [0.15, 0.2) is 57.7 Å². The van der Waals surface area contributed by atoms with Crippen molar-refractivity contribution >= 4 is 16.9 Å². The Balaban J connectivity index is 1.75. The summed E-state index contributed by atoms with van der Waals surface area (Å²) in [6.45, 7) is 0.0894. The third-order valence-electron chi connectivity index (χ3n) is 5.91. The van der Waals surface area contributed by atoms with Gasteiger partial charge in [-0.1, -0.05) is 18.1 Å². The van der Waals surface area contributed by atoms with Crippen LogP contribution >= 0.6 is 0 Å². The highest BCUT2D eigenvalue weighted by Crippen LogP contribution is 2.47. The Morgan fingerprint density at radius 2 is 1.72 bits per heavy atom. The maximum absolute atomic E-state index is 13.1. The van der Waals surface area contributed by atoms with E-state index in [1.54, 1.807) is 24.3 Å². The zero-order chi connectivity index (χ0) is 25.6. The summed E-state index contributed by atoms with van der Waals surface area (Å²) in [5.41, 5.74) is 0.0696. The van der Waals surface area contributed by atoms with Gasteiger partial charge in [0.15, 0.2) is 17.3 Å². The molecule has 2 heterocycles. The van der Waals surface area contributed by atoms with Crippen molar-refractivity contribution in [3.63, 3.8) is 0 Å². The zero-order valence-electron chi connectivity index (χ0n) is 18.5. The van der Waals surface area contributed by atoms with Crippen LogP contribution in [0.2, 0.25) is 0 Å². The minimum atomic E-state index is -0.923. The Kier molecular flexibility index (Phi) is 5.42. The SMILES string of the molecule is C#CCOc1ccc(C2CC(=O)Oc3cc(O)c4c(=O)c(O)c(-c5ccc(O)c(O)c5)oc4c32)cc1. The number of fused-ring (bicyclic) bond motifs is 3. The third-order valence-corrected chi connectivity index (χ3v) is 5.91. The van der Waals surface area contributed by atoms with Crippen molar-refractivity contribution in [3.05, 3.63) is 69.9 Å². The number of esters is 1. The number of carbonyl (C=O) groups is 1.